The highest BCUT2D eigenvalue weighted by atomic mass is 32.2. The van der Waals surface area contributed by atoms with Crippen LogP contribution in [0.1, 0.15) is 22.1 Å². The summed E-state index contributed by atoms with van der Waals surface area (Å²) in [6.07, 6.45) is -2.93. The van der Waals surface area contributed by atoms with Gasteiger partial charge in [-0.3, -0.25) is 13.5 Å². The number of phenols is 1. The highest BCUT2D eigenvalue weighted by Crippen LogP contribution is 2.33. The molecule has 3 aromatic heterocycles. The SMILES string of the molecule is Cc1cccc(-c2cn(-c3nc(N)c4ncn([C@@H]5O[C@H](COS(=O)(=O)NC(=O)c6ccccc6O)[C@@H](O)[C@H]5O)c4n3)nn2)c1. The molecule has 17 nitrogen and oxygen atoms in total. The van der Waals surface area contributed by atoms with E-state index in [4.69, 9.17) is 14.7 Å². The summed E-state index contributed by atoms with van der Waals surface area (Å²) >= 11 is 0. The molecule has 2 aromatic carbocycles. The molecule has 6 N–H and O–H groups in total. The summed E-state index contributed by atoms with van der Waals surface area (Å²) in [5.74, 6) is -1.53. The van der Waals surface area contributed by atoms with Gasteiger partial charge in [-0.1, -0.05) is 41.1 Å². The molecule has 4 atom stereocenters. The van der Waals surface area contributed by atoms with Crippen molar-refractivity contribution < 1.29 is 37.5 Å². The molecule has 1 aliphatic rings. The average molecular weight is 624 g/mol. The van der Waals surface area contributed by atoms with Crippen molar-refractivity contribution >= 4 is 33.2 Å². The number of aromatic hydroxyl groups is 1. The monoisotopic (exact) mass is 623 g/mol. The van der Waals surface area contributed by atoms with Crippen LogP contribution in [0.25, 0.3) is 28.4 Å². The van der Waals surface area contributed by atoms with Crippen LogP contribution in [0, 0.1) is 6.92 Å². The van der Waals surface area contributed by atoms with Gasteiger partial charge in [-0.2, -0.15) is 23.1 Å². The lowest BCUT2D eigenvalue weighted by atomic mass is 10.1. The van der Waals surface area contributed by atoms with Crippen LogP contribution in [0.5, 0.6) is 5.75 Å². The number of para-hydroxylation sites is 1. The molecule has 44 heavy (non-hydrogen) atoms. The first kappa shape index (κ1) is 29.1. The Kier molecular flexibility index (Phi) is 7.43. The van der Waals surface area contributed by atoms with E-state index in [0.717, 1.165) is 11.1 Å². The first-order valence-electron chi connectivity index (χ1n) is 13.0. The molecule has 6 rings (SSSR count). The molecule has 0 saturated carbocycles. The zero-order valence-electron chi connectivity index (χ0n) is 22.8. The predicted molar refractivity (Wildman–Crippen MR) is 151 cm³/mol. The number of hydrogen-bond donors (Lipinski definition) is 5. The molecule has 1 aliphatic heterocycles. The number of fused-ring (bicyclic) bond motifs is 1. The van der Waals surface area contributed by atoms with E-state index in [2.05, 4.69) is 25.3 Å². The maximum absolute atomic E-state index is 12.4. The van der Waals surface area contributed by atoms with Crippen molar-refractivity contribution in [1.82, 2.24) is 39.2 Å². The number of phenolic OH excluding ortho intramolecular Hbond substituents is 1. The van der Waals surface area contributed by atoms with Gasteiger partial charge in [-0.25, -0.2) is 9.71 Å². The third-order valence-electron chi connectivity index (χ3n) is 6.81. The van der Waals surface area contributed by atoms with Gasteiger partial charge < -0.3 is 25.8 Å². The number of nitrogens with two attached hydrogens (primary N) is 1. The smallest absolute Gasteiger partial charge is 0.362 e. The Morgan fingerprint density at radius 1 is 1.14 bits per heavy atom. The van der Waals surface area contributed by atoms with Crippen LogP contribution in [0.3, 0.4) is 0 Å². The quantitative estimate of drug-likeness (QED) is 0.153. The fourth-order valence-corrected chi connectivity index (χ4v) is 5.34. The second-order valence-electron chi connectivity index (χ2n) is 9.88. The standard InChI is InChI=1S/C26H25N9O8S/c1-13-5-4-6-14(9-13)16-10-35(33-31-16)26-29-22(27)19-23(30-26)34(12-28-19)25-21(38)20(37)18(43-25)11-42-44(40,41)32-24(39)15-7-2-3-8-17(15)36/h2-10,12,18,20-21,25,36-38H,11H2,1H3,(H,32,39)(H2,27,29,30)/t18-,20-,21-,25-/m1/s1. The number of nitrogens with one attached hydrogen (secondary N) is 1. The molecular formula is C26H25N9O8S. The molecule has 228 valence electrons. The topological polar surface area (TPSA) is 243 Å². The van der Waals surface area contributed by atoms with Crippen LogP contribution in [0.2, 0.25) is 0 Å². The van der Waals surface area contributed by atoms with Gasteiger partial charge in [0.15, 0.2) is 17.7 Å². The summed E-state index contributed by atoms with van der Waals surface area (Å²) in [6, 6.07) is 13.0. The Labute approximate surface area is 248 Å². The second kappa shape index (κ2) is 11.2. The zero-order chi connectivity index (χ0) is 31.2. The van der Waals surface area contributed by atoms with Crippen LogP contribution < -0.4 is 10.5 Å². The largest absolute Gasteiger partial charge is 0.507 e. The maximum atomic E-state index is 12.4. The van der Waals surface area contributed by atoms with E-state index in [1.165, 1.54) is 39.8 Å². The van der Waals surface area contributed by atoms with Crippen molar-refractivity contribution in [2.75, 3.05) is 12.3 Å². The fraction of sp³-hybridized carbons (Fsp3) is 0.231. The molecular weight excluding hydrogens is 598 g/mol. The number of carbonyl (C=O) groups excluding carboxylic acids is 1. The molecule has 0 aliphatic carbocycles. The summed E-state index contributed by atoms with van der Waals surface area (Å²) in [4.78, 5) is 25.2. The van der Waals surface area contributed by atoms with Crippen LogP contribution in [0.4, 0.5) is 5.82 Å². The molecule has 0 unspecified atom stereocenters. The number of hydrogen-bond acceptors (Lipinski definition) is 14. The Hall–Kier alpha value is -5.01. The lowest BCUT2D eigenvalue weighted by Gasteiger charge is -2.16. The molecule has 0 bridgehead atoms. The van der Waals surface area contributed by atoms with Crippen LogP contribution >= 0.6 is 0 Å². The van der Waals surface area contributed by atoms with Gasteiger partial charge in [-0.05, 0) is 25.1 Å². The fourth-order valence-electron chi connectivity index (χ4n) is 4.63. The minimum atomic E-state index is -4.70. The number of amides is 1. The van der Waals surface area contributed by atoms with E-state index in [1.54, 1.807) is 10.9 Å². The number of ether oxygens (including phenoxy) is 1. The minimum absolute atomic E-state index is 0.00411. The number of carbonyl (C=O) groups is 1. The second-order valence-corrected chi connectivity index (χ2v) is 11.2. The number of aliphatic hydroxyl groups excluding tert-OH is 2. The Morgan fingerprint density at radius 2 is 1.93 bits per heavy atom. The molecule has 1 saturated heterocycles. The van der Waals surface area contributed by atoms with Crippen LogP contribution in [-0.4, -0.2) is 89.1 Å². The average Bonchev–Trinajstić information content (AvgIpc) is 3.71. The number of imidazole rings is 1. The van der Waals surface area contributed by atoms with Gasteiger partial charge in [0.05, 0.1) is 24.7 Å². The van der Waals surface area contributed by atoms with E-state index >= 15 is 0 Å². The van der Waals surface area contributed by atoms with E-state index in [0.29, 0.717) is 5.69 Å². The Bertz CT molecular complexity index is 1980. The predicted octanol–water partition coefficient (Wildman–Crippen LogP) is -0.0192. The van der Waals surface area contributed by atoms with E-state index in [1.807, 2.05) is 31.2 Å². The molecule has 1 amide bonds. The normalized spacial score (nSPS) is 20.2. The number of benzene rings is 2. The number of anilines is 1. The number of aromatic nitrogens is 7. The van der Waals surface area contributed by atoms with Gasteiger partial charge in [0.1, 0.15) is 35.3 Å². The highest BCUT2D eigenvalue weighted by Gasteiger charge is 2.45. The van der Waals surface area contributed by atoms with Crippen molar-refractivity contribution in [3.05, 3.63) is 72.2 Å². The summed E-state index contributed by atoms with van der Waals surface area (Å²) in [5, 5.41) is 39.5. The van der Waals surface area contributed by atoms with Crippen LogP contribution in [0.15, 0.2) is 61.1 Å². The summed E-state index contributed by atoms with van der Waals surface area (Å²) < 4.78 is 39.6. The molecule has 0 radical (unpaired) electrons. The van der Waals surface area contributed by atoms with Crippen LogP contribution in [-0.2, 0) is 19.2 Å². The summed E-state index contributed by atoms with van der Waals surface area (Å²) in [7, 11) is -4.70. The van der Waals surface area contributed by atoms with Gasteiger partial charge in [0.2, 0.25) is 0 Å². The summed E-state index contributed by atoms with van der Waals surface area (Å²) in [6.45, 7) is 1.18. The van der Waals surface area contributed by atoms with Crippen molar-refractivity contribution in [3.8, 4) is 23.0 Å². The Morgan fingerprint density at radius 3 is 2.70 bits per heavy atom. The van der Waals surface area contributed by atoms with Crippen molar-refractivity contribution in [2.24, 2.45) is 0 Å². The first-order chi connectivity index (χ1) is 21.0. The molecule has 18 heteroatoms. The first-order valence-corrected chi connectivity index (χ1v) is 14.4. The van der Waals surface area contributed by atoms with E-state index in [9.17, 15) is 28.5 Å². The van der Waals surface area contributed by atoms with Crippen molar-refractivity contribution in [2.45, 2.75) is 31.5 Å². The highest BCUT2D eigenvalue weighted by molar-refractivity contribution is 7.85. The van der Waals surface area contributed by atoms with Gasteiger partial charge in [0, 0.05) is 5.56 Å². The molecule has 5 aromatic rings. The third-order valence-corrected chi connectivity index (χ3v) is 7.70. The van der Waals surface area contributed by atoms with Gasteiger partial charge >= 0.3 is 10.3 Å². The number of rotatable bonds is 8. The lowest BCUT2D eigenvalue weighted by molar-refractivity contribution is -0.0468. The molecule has 4 heterocycles. The zero-order valence-corrected chi connectivity index (χ0v) is 23.6. The summed E-state index contributed by atoms with van der Waals surface area (Å²) in [5.41, 5.74) is 8.59. The van der Waals surface area contributed by atoms with E-state index in [-0.39, 0.29) is 28.5 Å². The molecule has 0 spiro atoms. The third kappa shape index (κ3) is 5.54. The van der Waals surface area contributed by atoms with Crippen molar-refractivity contribution in [1.29, 1.82) is 0 Å². The lowest BCUT2D eigenvalue weighted by Crippen LogP contribution is -2.37. The minimum Gasteiger partial charge on any atom is -0.507 e. The number of aliphatic hydroxyl groups is 2. The maximum Gasteiger partial charge on any atom is 0.362 e. The van der Waals surface area contributed by atoms with E-state index < -0.39 is 53.1 Å². The molecule has 1 fully saturated rings. The number of nitrogen functional groups attached to an aromatic ring is 1. The number of aryl methyl sites for hydroxylation is 1. The number of nitrogens with zero attached hydrogens (tertiary/aromatic N) is 7. The Balaban J connectivity index is 1.20. The van der Waals surface area contributed by atoms with Gasteiger partial charge in [-0.15, -0.1) is 5.10 Å². The van der Waals surface area contributed by atoms with Gasteiger partial charge in [0.25, 0.3) is 11.9 Å². The van der Waals surface area contributed by atoms with Crippen molar-refractivity contribution in [3.63, 3.8) is 0 Å².